The van der Waals surface area contributed by atoms with E-state index in [0.717, 1.165) is 35.9 Å². The molecule has 0 radical (unpaired) electrons. The fourth-order valence-electron chi connectivity index (χ4n) is 4.86. The van der Waals surface area contributed by atoms with E-state index in [9.17, 15) is 23.8 Å². The highest BCUT2D eigenvalue weighted by Crippen LogP contribution is 2.38. The monoisotopic (exact) mass is 505 g/mol. The summed E-state index contributed by atoms with van der Waals surface area (Å²) in [7, 11) is -3.96. The third kappa shape index (κ3) is 4.18. The molecule has 12 heteroatoms. The number of hydrogen-bond acceptors (Lipinski definition) is 8. The van der Waals surface area contributed by atoms with Gasteiger partial charge in [0, 0.05) is 12.4 Å². The zero-order chi connectivity index (χ0) is 25.3. The minimum Gasteiger partial charge on any atom is -0.347 e. The molecule has 1 fully saturated rings. The molecule has 0 saturated heterocycles. The van der Waals surface area contributed by atoms with Gasteiger partial charge in [0.05, 0.1) is 45.6 Å². The van der Waals surface area contributed by atoms with Gasteiger partial charge in [-0.2, -0.15) is 10.4 Å². The summed E-state index contributed by atoms with van der Waals surface area (Å²) in [5.41, 5.74) is 0.372. The number of fused-ring (bicyclic) bond motifs is 1. The van der Waals surface area contributed by atoms with Crippen molar-refractivity contribution < 1.29 is 13.3 Å². The molecule has 36 heavy (non-hydrogen) atoms. The third-order valence-corrected chi connectivity index (χ3v) is 8.29. The molecule has 1 atom stereocenters. The standard InChI is InChI=1S/C24H23N7O4S/c25-12-10-21(17-6-4-5-7-17)29-16-18(14-27-29)28-23-20-11-13-30(24(20)26-15-22(23)31(32)33)36(34,35)19-8-2-1-3-9-19/h1-3,8-9,11,13-17,21H,4-7,10H2,(H,26,28). The minimum atomic E-state index is -3.96. The van der Waals surface area contributed by atoms with Crippen molar-refractivity contribution in [1.29, 1.82) is 5.26 Å². The van der Waals surface area contributed by atoms with E-state index in [4.69, 9.17) is 0 Å². The number of nitrogens with one attached hydrogen (secondary N) is 1. The van der Waals surface area contributed by atoms with Gasteiger partial charge in [0.15, 0.2) is 5.65 Å². The van der Waals surface area contributed by atoms with Gasteiger partial charge in [-0.3, -0.25) is 14.8 Å². The van der Waals surface area contributed by atoms with Crippen molar-refractivity contribution in [2.24, 2.45) is 5.92 Å². The normalized spacial score (nSPS) is 15.1. The Hall–Kier alpha value is -4.24. The molecule has 1 aliphatic carbocycles. The molecule has 1 aliphatic rings. The van der Waals surface area contributed by atoms with Crippen LogP contribution in [0.3, 0.4) is 0 Å². The van der Waals surface area contributed by atoms with Crippen LogP contribution in [0.4, 0.5) is 17.1 Å². The van der Waals surface area contributed by atoms with Gasteiger partial charge >= 0.3 is 5.69 Å². The van der Waals surface area contributed by atoms with Gasteiger partial charge < -0.3 is 5.32 Å². The molecular formula is C24H23N7O4S. The molecule has 1 N–H and O–H groups in total. The van der Waals surface area contributed by atoms with E-state index in [1.54, 1.807) is 35.3 Å². The Morgan fingerprint density at radius 2 is 1.94 bits per heavy atom. The van der Waals surface area contributed by atoms with Crippen LogP contribution in [0.5, 0.6) is 0 Å². The van der Waals surface area contributed by atoms with Gasteiger partial charge in [0.25, 0.3) is 10.0 Å². The highest BCUT2D eigenvalue weighted by atomic mass is 32.2. The number of nitriles is 1. The number of aromatic nitrogens is 4. The zero-order valence-corrected chi connectivity index (χ0v) is 20.0. The first-order valence-electron chi connectivity index (χ1n) is 11.5. The smallest absolute Gasteiger partial charge is 0.311 e. The second kappa shape index (κ2) is 9.43. The number of rotatable bonds is 8. The molecule has 3 heterocycles. The largest absolute Gasteiger partial charge is 0.347 e. The first-order valence-corrected chi connectivity index (χ1v) is 13.0. The molecule has 1 aromatic carbocycles. The molecule has 5 rings (SSSR count). The first-order chi connectivity index (χ1) is 17.4. The Balaban J connectivity index is 1.54. The second-order valence-electron chi connectivity index (χ2n) is 8.75. The number of hydrogen-bond donors (Lipinski definition) is 1. The lowest BCUT2D eigenvalue weighted by Gasteiger charge is -2.21. The van der Waals surface area contributed by atoms with Crippen molar-refractivity contribution in [3.8, 4) is 6.07 Å². The number of anilines is 2. The summed E-state index contributed by atoms with van der Waals surface area (Å²) in [4.78, 5) is 15.4. The lowest BCUT2D eigenvalue weighted by Crippen LogP contribution is -2.17. The van der Waals surface area contributed by atoms with E-state index in [0.29, 0.717) is 18.0 Å². The van der Waals surface area contributed by atoms with Crippen LogP contribution in [0.1, 0.15) is 38.1 Å². The van der Waals surface area contributed by atoms with Crippen LogP contribution >= 0.6 is 0 Å². The highest BCUT2D eigenvalue weighted by Gasteiger charge is 2.28. The minimum absolute atomic E-state index is 0.0626. The average Bonchev–Trinajstić information content (AvgIpc) is 3.64. The van der Waals surface area contributed by atoms with Gasteiger partial charge in [0.1, 0.15) is 11.9 Å². The molecule has 0 spiro atoms. The van der Waals surface area contributed by atoms with Gasteiger partial charge in [-0.05, 0) is 37.0 Å². The maximum Gasteiger partial charge on any atom is 0.311 e. The summed E-state index contributed by atoms with van der Waals surface area (Å²) >= 11 is 0. The summed E-state index contributed by atoms with van der Waals surface area (Å²) in [6, 6.07) is 11.6. The van der Waals surface area contributed by atoms with Crippen molar-refractivity contribution in [3.63, 3.8) is 0 Å². The fourth-order valence-corrected chi connectivity index (χ4v) is 6.18. The second-order valence-corrected chi connectivity index (χ2v) is 10.6. The predicted octanol–water partition coefficient (Wildman–Crippen LogP) is 4.77. The molecular weight excluding hydrogens is 482 g/mol. The third-order valence-electron chi connectivity index (χ3n) is 6.61. The molecule has 0 bridgehead atoms. The van der Waals surface area contributed by atoms with Crippen molar-refractivity contribution in [2.75, 3.05) is 5.32 Å². The summed E-state index contributed by atoms with van der Waals surface area (Å²) in [6.45, 7) is 0. The fraction of sp³-hybridized carbons (Fsp3) is 0.292. The van der Waals surface area contributed by atoms with Crippen LogP contribution in [0.25, 0.3) is 11.0 Å². The maximum absolute atomic E-state index is 13.2. The Bertz CT molecular complexity index is 1560. The van der Waals surface area contributed by atoms with Crippen molar-refractivity contribution in [1.82, 2.24) is 18.7 Å². The van der Waals surface area contributed by atoms with Crippen LogP contribution in [0.2, 0.25) is 0 Å². The molecule has 0 amide bonds. The first kappa shape index (κ1) is 23.5. The van der Waals surface area contributed by atoms with Crippen LogP contribution in [-0.2, 0) is 10.0 Å². The number of nitro groups is 1. The SMILES string of the molecule is N#CCC(C1CCCC1)n1cc(Nc2c([N+](=O)[O-])cnc3c2ccn3S(=O)(=O)c2ccccc2)cn1. The summed E-state index contributed by atoms with van der Waals surface area (Å²) in [5.74, 6) is 0.358. The summed E-state index contributed by atoms with van der Waals surface area (Å²) in [5, 5.41) is 28.9. The Labute approximate surface area is 207 Å². The molecule has 3 aromatic heterocycles. The number of nitrogens with zero attached hydrogens (tertiary/aromatic N) is 6. The quantitative estimate of drug-likeness (QED) is 0.266. The Kier molecular flexibility index (Phi) is 6.15. The summed E-state index contributed by atoms with van der Waals surface area (Å²) in [6.07, 6.45) is 10.3. The van der Waals surface area contributed by atoms with Crippen molar-refractivity contribution in [2.45, 2.75) is 43.0 Å². The molecule has 0 aliphatic heterocycles. The summed E-state index contributed by atoms with van der Waals surface area (Å²) < 4.78 is 29.1. The molecule has 1 saturated carbocycles. The molecule has 11 nitrogen and oxygen atoms in total. The van der Waals surface area contributed by atoms with Gasteiger partial charge in [-0.1, -0.05) is 31.0 Å². The van der Waals surface area contributed by atoms with E-state index in [1.165, 1.54) is 24.4 Å². The highest BCUT2D eigenvalue weighted by molar-refractivity contribution is 7.90. The van der Waals surface area contributed by atoms with Crippen LogP contribution < -0.4 is 5.32 Å². The molecule has 184 valence electrons. The van der Waals surface area contributed by atoms with E-state index < -0.39 is 14.9 Å². The maximum atomic E-state index is 13.2. The van der Waals surface area contributed by atoms with Gasteiger partial charge in [-0.25, -0.2) is 17.4 Å². The Morgan fingerprint density at radius 1 is 1.19 bits per heavy atom. The lowest BCUT2D eigenvalue weighted by atomic mass is 9.96. The topological polar surface area (TPSA) is 149 Å². The van der Waals surface area contributed by atoms with E-state index >= 15 is 0 Å². The Morgan fingerprint density at radius 3 is 2.64 bits per heavy atom. The van der Waals surface area contributed by atoms with E-state index in [1.807, 2.05) is 0 Å². The van der Waals surface area contributed by atoms with Crippen LogP contribution in [0, 0.1) is 27.4 Å². The van der Waals surface area contributed by atoms with Gasteiger partial charge in [-0.15, -0.1) is 0 Å². The number of pyridine rings is 1. The van der Waals surface area contributed by atoms with Gasteiger partial charge in [0.2, 0.25) is 0 Å². The van der Waals surface area contributed by atoms with Crippen LogP contribution in [0.15, 0.2) is 66.1 Å². The predicted molar refractivity (Wildman–Crippen MR) is 132 cm³/mol. The van der Waals surface area contributed by atoms with Crippen molar-refractivity contribution >= 4 is 38.1 Å². The van der Waals surface area contributed by atoms with E-state index in [-0.39, 0.29) is 33.3 Å². The lowest BCUT2D eigenvalue weighted by molar-refractivity contribution is -0.384. The average molecular weight is 506 g/mol. The van der Waals surface area contributed by atoms with Crippen LogP contribution in [-0.4, -0.2) is 32.1 Å². The molecule has 1 unspecified atom stereocenters. The van der Waals surface area contributed by atoms with Crippen molar-refractivity contribution in [3.05, 3.63) is 71.3 Å². The zero-order valence-electron chi connectivity index (χ0n) is 19.2. The molecule has 4 aromatic rings. The van der Waals surface area contributed by atoms with E-state index in [2.05, 4.69) is 21.5 Å². The number of benzene rings is 1.